The molecule has 23 heavy (non-hydrogen) atoms. The van der Waals surface area contributed by atoms with E-state index in [1.54, 1.807) is 12.1 Å². The molecule has 0 atom stereocenters. The van der Waals surface area contributed by atoms with Crippen molar-refractivity contribution >= 4 is 44.8 Å². The standard InChI is InChI=1S/C17H18BrClN2O2/c1-9-4-11(3)17(13(18)5-9)23-8-15(22)21-16-10(2)6-12(20)7-14(16)19/h4-7H,8,20H2,1-3H3,(H,21,22). The predicted molar refractivity (Wildman–Crippen MR) is 98.3 cm³/mol. The van der Waals surface area contributed by atoms with Crippen LogP contribution in [0.3, 0.4) is 0 Å². The van der Waals surface area contributed by atoms with Crippen molar-refractivity contribution in [3.8, 4) is 5.75 Å². The highest BCUT2D eigenvalue weighted by Gasteiger charge is 2.12. The van der Waals surface area contributed by atoms with E-state index in [9.17, 15) is 4.79 Å². The van der Waals surface area contributed by atoms with Gasteiger partial charge < -0.3 is 15.8 Å². The monoisotopic (exact) mass is 396 g/mol. The predicted octanol–water partition coefficient (Wildman–Crippen LogP) is 4.63. The SMILES string of the molecule is Cc1cc(C)c(OCC(=O)Nc2c(C)cc(N)cc2Cl)c(Br)c1. The first-order valence-electron chi connectivity index (χ1n) is 7.03. The van der Waals surface area contributed by atoms with Gasteiger partial charge in [-0.3, -0.25) is 4.79 Å². The molecular formula is C17H18BrClN2O2. The van der Waals surface area contributed by atoms with Crippen molar-refractivity contribution in [1.29, 1.82) is 0 Å². The molecule has 0 saturated carbocycles. The van der Waals surface area contributed by atoms with E-state index in [1.807, 2.05) is 32.9 Å². The Labute approximate surface area is 149 Å². The number of amides is 1. The van der Waals surface area contributed by atoms with Crippen LogP contribution in [0.15, 0.2) is 28.7 Å². The molecule has 6 heteroatoms. The summed E-state index contributed by atoms with van der Waals surface area (Å²) in [6.45, 7) is 5.66. The summed E-state index contributed by atoms with van der Waals surface area (Å²) >= 11 is 9.58. The number of hydrogen-bond donors (Lipinski definition) is 2. The van der Waals surface area contributed by atoms with Crippen LogP contribution in [0.5, 0.6) is 5.75 Å². The number of carbonyl (C=O) groups is 1. The number of nitrogen functional groups attached to an aromatic ring is 1. The summed E-state index contributed by atoms with van der Waals surface area (Å²) in [5, 5.41) is 3.17. The van der Waals surface area contributed by atoms with Crippen molar-refractivity contribution in [2.45, 2.75) is 20.8 Å². The molecule has 4 nitrogen and oxygen atoms in total. The summed E-state index contributed by atoms with van der Waals surface area (Å²) in [6.07, 6.45) is 0. The second-order valence-corrected chi connectivity index (χ2v) is 6.69. The Morgan fingerprint density at radius 3 is 2.52 bits per heavy atom. The molecule has 0 fully saturated rings. The van der Waals surface area contributed by atoms with Crippen molar-refractivity contribution < 1.29 is 9.53 Å². The Morgan fingerprint density at radius 1 is 1.22 bits per heavy atom. The molecule has 0 bridgehead atoms. The Morgan fingerprint density at radius 2 is 1.91 bits per heavy atom. The smallest absolute Gasteiger partial charge is 0.262 e. The lowest BCUT2D eigenvalue weighted by Crippen LogP contribution is -2.21. The van der Waals surface area contributed by atoms with E-state index in [2.05, 4.69) is 21.2 Å². The normalized spacial score (nSPS) is 10.5. The van der Waals surface area contributed by atoms with Gasteiger partial charge in [0.1, 0.15) is 5.75 Å². The second kappa shape index (κ2) is 7.23. The Kier molecular flexibility index (Phi) is 5.55. The third-order valence-corrected chi connectivity index (χ3v) is 4.18. The number of ether oxygens (including phenoxy) is 1. The molecule has 1 amide bonds. The fourth-order valence-electron chi connectivity index (χ4n) is 2.33. The molecule has 0 aliphatic heterocycles. The lowest BCUT2D eigenvalue weighted by atomic mass is 10.1. The molecular weight excluding hydrogens is 380 g/mol. The van der Waals surface area contributed by atoms with E-state index in [4.69, 9.17) is 22.1 Å². The minimum absolute atomic E-state index is 0.108. The summed E-state index contributed by atoms with van der Waals surface area (Å²) in [5.74, 6) is 0.373. The molecule has 0 radical (unpaired) electrons. The fourth-order valence-corrected chi connectivity index (χ4v) is 3.44. The topological polar surface area (TPSA) is 64.3 Å². The molecule has 3 N–H and O–H groups in total. The van der Waals surface area contributed by atoms with E-state index >= 15 is 0 Å². The van der Waals surface area contributed by atoms with E-state index in [0.29, 0.717) is 22.1 Å². The molecule has 0 aliphatic rings. The first-order valence-corrected chi connectivity index (χ1v) is 8.20. The zero-order valence-corrected chi connectivity index (χ0v) is 15.5. The van der Waals surface area contributed by atoms with E-state index in [1.165, 1.54) is 0 Å². The first kappa shape index (κ1) is 17.6. The third-order valence-electron chi connectivity index (χ3n) is 3.30. The highest BCUT2D eigenvalue weighted by molar-refractivity contribution is 9.10. The summed E-state index contributed by atoms with van der Waals surface area (Å²) in [6, 6.07) is 7.30. The Balaban J connectivity index is 2.07. The van der Waals surface area contributed by atoms with E-state index in [-0.39, 0.29) is 12.5 Å². The Hall–Kier alpha value is -1.72. The average Bonchev–Trinajstić information content (AvgIpc) is 2.41. The maximum Gasteiger partial charge on any atom is 0.262 e. The van der Waals surface area contributed by atoms with Gasteiger partial charge in [0.15, 0.2) is 6.61 Å². The molecule has 0 aliphatic carbocycles. The van der Waals surface area contributed by atoms with Crippen LogP contribution in [0.1, 0.15) is 16.7 Å². The van der Waals surface area contributed by atoms with Gasteiger partial charge >= 0.3 is 0 Å². The first-order chi connectivity index (χ1) is 10.8. The molecule has 0 unspecified atom stereocenters. The number of benzene rings is 2. The number of anilines is 2. The maximum absolute atomic E-state index is 12.1. The summed E-state index contributed by atoms with van der Waals surface area (Å²) < 4.78 is 6.46. The van der Waals surface area contributed by atoms with E-state index < -0.39 is 0 Å². The van der Waals surface area contributed by atoms with Crippen molar-refractivity contribution in [3.63, 3.8) is 0 Å². The molecule has 0 spiro atoms. The third kappa shape index (κ3) is 4.39. The summed E-state index contributed by atoms with van der Waals surface area (Å²) in [4.78, 5) is 12.1. The van der Waals surface area contributed by atoms with Crippen LogP contribution in [0.2, 0.25) is 5.02 Å². The van der Waals surface area contributed by atoms with Gasteiger partial charge in [-0.15, -0.1) is 0 Å². The molecule has 0 aromatic heterocycles. The number of hydrogen-bond acceptors (Lipinski definition) is 3. The van der Waals surface area contributed by atoms with Gasteiger partial charge in [-0.1, -0.05) is 17.7 Å². The zero-order chi connectivity index (χ0) is 17.1. The van der Waals surface area contributed by atoms with Gasteiger partial charge in [0, 0.05) is 5.69 Å². The van der Waals surface area contributed by atoms with Gasteiger partial charge in [0.05, 0.1) is 15.2 Å². The minimum Gasteiger partial charge on any atom is -0.482 e. The van der Waals surface area contributed by atoms with Gasteiger partial charge in [0.2, 0.25) is 0 Å². The van der Waals surface area contributed by atoms with Crippen molar-refractivity contribution in [2.24, 2.45) is 0 Å². The molecule has 2 aromatic carbocycles. The number of rotatable bonds is 4. The number of nitrogens with one attached hydrogen (secondary N) is 1. The lowest BCUT2D eigenvalue weighted by Gasteiger charge is -2.14. The van der Waals surface area contributed by atoms with Crippen molar-refractivity contribution in [3.05, 3.63) is 50.5 Å². The van der Waals surface area contributed by atoms with Gasteiger partial charge in [-0.2, -0.15) is 0 Å². The fraction of sp³-hybridized carbons (Fsp3) is 0.235. The van der Waals surface area contributed by atoms with Crippen LogP contribution in [0.25, 0.3) is 0 Å². The van der Waals surface area contributed by atoms with Crippen LogP contribution in [0, 0.1) is 20.8 Å². The maximum atomic E-state index is 12.1. The number of carbonyl (C=O) groups excluding carboxylic acids is 1. The van der Waals surface area contributed by atoms with Gasteiger partial charge in [0.25, 0.3) is 5.91 Å². The summed E-state index contributed by atoms with van der Waals surface area (Å²) in [7, 11) is 0. The number of halogens is 2. The van der Waals surface area contributed by atoms with Crippen LogP contribution in [0.4, 0.5) is 11.4 Å². The van der Waals surface area contributed by atoms with E-state index in [0.717, 1.165) is 21.2 Å². The van der Waals surface area contributed by atoms with Gasteiger partial charge in [-0.25, -0.2) is 0 Å². The van der Waals surface area contributed by atoms with Crippen LogP contribution in [-0.2, 0) is 4.79 Å². The van der Waals surface area contributed by atoms with Crippen LogP contribution in [-0.4, -0.2) is 12.5 Å². The van der Waals surface area contributed by atoms with Crippen LogP contribution < -0.4 is 15.8 Å². The van der Waals surface area contributed by atoms with Crippen LogP contribution >= 0.6 is 27.5 Å². The second-order valence-electron chi connectivity index (χ2n) is 5.42. The largest absolute Gasteiger partial charge is 0.482 e. The molecule has 2 aromatic rings. The zero-order valence-electron chi connectivity index (χ0n) is 13.2. The molecule has 2 rings (SSSR count). The van der Waals surface area contributed by atoms with Crippen molar-refractivity contribution in [2.75, 3.05) is 17.7 Å². The lowest BCUT2D eigenvalue weighted by molar-refractivity contribution is -0.118. The van der Waals surface area contributed by atoms with Gasteiger partial charge in [-0.05, 0) is 71.6 Å². The quantitative estimate of drug-likeness (QED) is 0.739. The highest BCUT2D eigenvalue weighted by atomic mass is 79.9. The molecule has 122 valence electrons. The van der Waals surface area contributed by atoms with Crippen molar-refractivity contribution in [1.82, 2.24) is 0 Å². The minimum atomic E-state index is -0.286. The number of aryl methyl sites for hydroxylation is 3. The Bertz CT molecular complexity index is 716. The number of nitrogens with two attached hydrogens (primary N) is 1. The highest BCUT2D eigenvalue weighted by Crippen LogP contribution is 2.31. The average molecular weight is 398 g/mol. The summed E-state index contributed by atoms with van der Waals surface area (Å²) in [5.41, 5.74) is 9.71. The molecule has 0 saturated heterocycles. The molecule has 0 heterocycles.